The van der Waals surface area contributed by atoms with E-state index >= 15 is 0 Å². The smallest absolute Gasteiger partial charge is 0.326 e. The van der Waals surface area contributed by atoms with E-state index in [9.17, 15) is 22.8 Å². The van der Waals surface area contributed by atoms with Gasteiger partial charge in [-0.15, -0.1) is 5.10 Å². The zero-order chi connectivity index (χ0) is 20.9. The zero-order valence-corrected chi connectivity index (χ0v) is 15.6. The maximum Gasteiger partial charge on any atom is 0.416 e. The van der Waals surface area contributed by atoms with Crippen LogP contribution in [0.25, 0.3) is 0 Å². The molecule has 1 atom stereocenters. The lowest BCUT2D eigenvalue weighted by Gasteiger charge is -2.06. The van der Waals surface area contributed by atoms with E-state index in [1.165, 1.54) is 12.1 Å². The molecule has 0 unspecified atom stereocenters. The fourth-order valence-corrected chi connectivity index (χ4v) is 3.36. The first-order valence-corrected chi connectivity index (χ1v) is 9.30. The summed E-state index contributed by atoms with van der Waals surface area (Å²) in [6, 6.07) is 13.5. The van der Waals surface area contributed by atoms with Crippen LogP contribution in [0.1, 0.15) is 17.5 Å². The number of halogens is 3. The molecule has 6 nitrogen and oxygen atoms in total. The Labute approximate surface area is 168 Å². The molecule has 10 heteroatoms. The van der Waals surface area contributed by atoms with E-state index in [0.717, 1.165) is 30.1 Å². The van der Waals surface area contributed by atoms with Crippen molar-refractivity contribution in [2.45, 2.75) is 17.8 Å². The van der Waals surface area contributed by atoms with Gasteiger partial charge in [-0.05, 0) is 29.8 Å². The molecule has 1 fully saturated rings. The molecular weight excluding hydrogens is 405 g/mol. The fraction of sp³-hybridized carbons (Fsp3) is 0.158. The van der Waals surface area contributed by atoms with E-state index in [-0.39, 0.29) is 29.0 Å². The van der Waals surface area contributed by atoms with E-state index < -0.39 is 17.0 Å². The molecule has 1 aliphatic rings. The van der Waals surface area contributed by atoms with Gasteiger partial charge in [-0.3, -0.25) is 9.59 Å². The van der Waals surface area contributed by atoms with Gasteiger partial charge in [-0.25, -0.2) is 0 Å². The first kappa shape index (κ1) is 20.6. The summed E-state index contributed by atoms with van der Waals surface area (Å²) in [7, 11) is 0. The van der Waals surface area contributed by atoms with Gasteiger partial charge in [0.05, 0.1) is 11.8 Å². The number of benzene rings is 2. The number of amidine groups is 1. The SMILES string of the molecule is O=C(C[C@H]1S/C(=N/N=C\c2cccc(C(F)(F)F)c2)NC1=O)Nc1ccccc1. The average Bonchev–Trinajstić information content (AvgIpc) is 3.01. The third-order valence-electron chi connectivity index (χ3n) is 3.77. The number of carbonyl (C=O) groups is 2. The number of amides is 2. The van der Waals surface area contributed by atoms with Crippen molar-refractivity contribution in [3.8, 4) is 0 Å². The van der Waals surface area contributed by atoms with Crippen molar-refractivity contribution in [3.63, 3.8) is 0 Å². The molecule has 2 N–H and O–H groups in total. The largest absolute Gasteiger partial charge is 0.416 e. The molecule has 0 aromatic heterocycles. The molecular formula is C19H15F3N4O2S. The van der Waals surface area contributed by atoms with Crippen molar-refractivity contribution in [2.75, 3.05) is 5.32 Å². The standard InChI is InChI=1S/C19H15F3N4O2S/c20-19(21,22)13-6-4-5-12(9-13)11-23-26-18-25-17(28)15(29-18)10-16(27)24-14-7-2-1-3-8-14/h1-9,11,15H,10H2,(H,24,27)(H,25,26,28)/b23-11-/t15-/m1/s1. The molecule has 3 rings (SSSR count). The van der Waals surface area contributed by atoms with Gasteiger partial charge in [0.15, 0.2) is 5.17 Å². The Balaban J connectivity index is 1.57. The van der Waals surface area contributed by atoms with Crippen LogP contribution < -0.4 is 10.6 Å². The monoisotopic (exact) mass is 420 g/mol. The van der Waals surface area contributed by atoms with Crippen LogP contribution >= 0.6 is 11.8 Å². The Morgan fingerprint density at radius 2 is 1.93 bits per heavy atom. The molecule has 1 saturated heterocycles. The zero-order valence-electron chi connectivity index (χ0n) is 14.8. The molecule has 0 radical (unpaired) electrons. The summed E-state index contributed by atoms with van der Waals surface area (Å²) in [4.78, 5) is 24.1. The molecule has 0 aliphatic carbocycles. The van der Waals surface area contributed by atoms with Crippen LogP contribution in [0.2, 0.25) is 0 Å². The quantitative estimate of drug-likeness (QED) is 0.572. The third kappa shape index (κ3) is 5.92. The highest BCUT2D eigenvalue weighted by molar-refractivity contribution is 8.15. The van der Waals surface area contributed by atoms with Crippen molar-refractivity contribution >= 4 is 40.6 Å². The van der Waals surface area contributed by atoms with Gasteiger partial charge in [0.2, 0.25) is 11.8 Å². The summed E-state index contributed by atoms with van der Waals surface area (Å²) >= 11 is 1.03. The molecule has 0 saturated carbocycles. The second kappa shape index (κ2) is 8.91. The van der Waals surface area contributed by atoms with Crippen molar-refractivity contribution in [3.05, 3.63) is 65.7 Å². The Bertz CT molecular complexity index is 961. The van der Waals surface area contributed by atoms with Crippen molar-refractivity contribution in [1.29, 1.82) is 0 Å². The second-order valence-electron chi connectivity index (χ2n) is 5.99. The van der Waals surface area contributed by atoms with Crippen LogP contribution in [0.3, 0.4) is 0 Å². The molecule has 150 valence electrons. The van der Waals surface area contributed by atoms with Crippen LogP contribution in [0.5, 0.6) is 0 Å². The number of nitrogens with zero attached hydrogens (tertiary/aromatic N) is 2. The Kier molecular flexibility index (Phi) is 6.32. The van der Waals surface area contributed by atoms with E-state index in [1.807, 2.05) is 6.07 Å². The predicted molar refractivity (Wildman–Crippen MR) is 106 cm³/mol. The minimum Gasteiger partial charge on any atom is -0.326 e. The molecule has 0 spiro atoms. The maximum atomic E-state index is 12.7. The van der Waals surface area contributed by atoms with Gasteiger partial charge < -0.3 is 10.6 Å². The van der Waals surface area contributed by atoms with Gasteiger partial charge in [0.25, 0.3) is 0 Å². The summed E-state index contributed by atoms with van der Waals surface area (Å²) in [5.41, 5.74) is 0.0555. The van der Waals surface area contributed by atoms with Crippen LogP contribution in [0.4, 0.5) is 18.9 Å². The maximum absolute atomic E-state index is 12.7. The summed E-state index contributed by atoms with van der Waals surface area (Å²) in [6.45, 7) is 0. The number of rotatable bonds is 5. The van der Waals surface area contributed by atoms with Crippen LogP contribution in [-0.2, 0) is 15.8 Å². The molecule has 2 aromatic rings. The number of anilines is 1. The van der Waals surface area contributed by atoms with Gasteiger partial charge in [0, 0.05) is 12.1 Å². The number of hydrogen-bond acceptors (Lipinski definition) is 5. The Hall–Kier alpha value is -3.14. The van der Waals surface area contributed by atoms with Crippen LogP contribution in [0, 0.1) is 0 Å². The summed E-state index contributed by atoms with van der Waals surface area (Å²) in [5.74, 6) is -0.705. The minimum absolute atomic E-state index is 0.0538. The first-order valence-electron chi connectivity index (χ1n) is 8.42. The van der Waals surface area contributed by atoms with Crippen molar-refractivity contribution in [1.82, 2.24) is 5.32 Å². The van der Waals surface area contributed by atoms with Crippen LogP contribution in [-0.4, -0.2) is 28.4 Å². The lowest BCUT2D eigenvalue weighted by atomic mass is 10.1. The Morgan fingerprint density at radius 1 is 1.17 bits per heavy atom. The van der Waals surface area contributed by atoms with E-state index in [0.29, 0.717) is 5.69 Å². The van der Waals surface area contributed by atoms with E-state index in [1.54, 1.807) is 24.3 Å². The highest BCUT2D eigenvalue weighted by atomic mass is 32.2. The third-order valence-corrected chi connectivity index (χ3v) is 4.85. The minimum atomic E-state index is -4.45. The fourth-order valence-electron chi connectivity index (χ4n) is 2.43. The number of carbonyl (C=O) groups excluding carboxylic acids is 2. The summed E-state index contributed by atoms with van der Waals surface area (Å²) in [5, 5.41) is 12.2. The molecule has 2 amide bonds. The lowest BCUT2D eigenvalue weighted by molar-refractivity contribution is -0.137. The van der Waals surface area contributed by atoms with Crippen LogP contribution in [0.15, 0.2) is 64.8 Å². The van der Waals surface area contributed by atoms with Gasteiger partial charge in [-0.1, -0.05) is 42.1 Å². The second-order valence-corrected chi connectivity index (χ2v) is 7.18. The highest BCUT2D eigenvalue weighted by Gasteiger charge is 2.32. The molecule has 2 aromatic carbocycles. The average molecular weight is 420 g/mol. The number of nitrogens with one attached hydrogen (secondary N) is 2. The van der Waals surface area contributed by atoms with Crippen molar-refractivity contribution < 1.29 is 22.8 Å². The number of para-hydroxylation sites is 1. The van der Waals surface area contributed by atoms with Gasteiger partial charge >= 0.3 is 6.18 Å². The predicted octanol–water partition coefficient (Wildman–Crippen LogP) is 3.66. The van der Waals surface area contributed by atoms with Gasteiger partial charge in [-0.2, -0.15) is 18.3 Å². The number of hydrogen-bond donors (Lipinski definition) is 2. The number of alkyl halides is 3. The summed E-state index contributed by atoms with van der Waals surface area (Å²) in [6.07, 6.45) is -3.34. The molecule has 0 bridgehead atoms. The van der Waals surface area contributed by atoms with Crippen molar-refractivity contribution in [2.24, 2.45) is 10.2 Å². The molecule has 29 heavy (non-hydrogen) atoms. The summed E-state index contributed by atoms with van der Waals surface area (Å²) < 4.78 is 38.1. The van der Waals surface area contributed by atoms with E-state index in [4.69, 9.17) is 0 Å². The topological polar surface area (TPSA) is 82.9 Å². The highest BCUT2D eigenvalue weighted by Crippen LogP contribution is 2.29. The molecule has 1 heterocycles. The number of thioether (sulfide) groups is 1. The van der Waals surface area contributed by atoms with Gasteiger partial charge in [0.1, 0.15) is 5.25 Å². The van der Waals surface area contributed by atoms with E-state index in [2.05, 4.69) is 20.8 Å². The first-order chi connectivity index (χ1) is 13.8. The lowest BCUT2D eigenvalue weighted by Crippen LogP contribution is -2.28. The Morgan fingerprint density at radius 3 is 2.66 bits per heavy atom. The normalized spacial score (nSPS) is 18.2. The molecule has 1 aliphatic heterocycles.